The van der Waals surface area contributed by atoms with Crippen LogP contribution in [0, 0.1) is 11.8 Å². The smallest absolute Gasteiger partial charge is 0.240 e. The third kappa shape index (κ3) is 5.09. The van der Waals surface area contributed by atoms with E-state index in [0.29, 0.717) is 23.3 Å². The van der Waals surface area contributed by atoms with Crippen LogP contribution in [0.4, 0.5) is 0 Å². The molecule has 5 heteroatoms. The van der Waals surface area contributed by atoms with E-state index in [1.807, 2.05) is 12.1 Å². The van der Waals surface area contributed by atoms with Crippen LogP contribution in [0.25, 0.3) is 0 Å². The highest BCUT2D eigenvalue weighted by Crippen LogP contribution is 2.15. The van der Waals surface area contributed by atoms with Gasteiger partial charge < -0.3 is 5.32 Å². The monoisotopic (exact) mass is 310 g/mol. The van der Waals surface area contributed by atoms with Gasteiger partial charge in [0, 0.05) is 6.54 Å². The minimum Gasteiger partial charge on any atom is -0.316 e. The summed E-state index contributed by atoms with van der Waals surface area (Å²) in [5, 5.41) is 3.30. The van der Waals surface area contributed by atoms with Gasteiger partial charge in [0.1, 0.15) is 0 Å². The molecule has 0 amide bonds. The first-order valence-corrected chi connectivity index (χ1v) is 9.25. The average molecular weight is 310 g/mol. The first kappa shape index (κ1) is 16.5. The quantitative estimate of drug-likeness (QED) is 0.846. The lowest BCUT2D eigenvalue weighted by atomic mass is 10.0. The first-order valence-electron chi connectivity index (χ1n) is 7.76. The number of hydrogen-bond acceptors (Lipinski definition) is 3. The normalized spacial score (nSPS) is 19.9. The van der Waals surface area contributed by atoms with Gasteiger partial charge in [-0.05, 0) is 61.9 Å². The average Bonchev–Trinajstić information content (AvgIpc) is 2.46. The van der Waals surface area contributed by atoms with Gasteiger partial charge in [-0.2, -0.15) is 0 Å². The van der Waals surface area contributed by atoms with Gasteiger partial charge in [-0.25, -0.2) is 13.1 Å². The summed E-state index contributed by atoms with van der Waals surface area (Å²) in [5.74, 6) is 0.970. The predicted octanol–water partition coefficient (Wildman–Crippen LogP) is 2.16. The fraction of sp³-hybridized carbons (Fsp3) is 0.625. The minimum atomic E-state index is -3.38. The van der Waals surface area contributed by atoms with E-state index in [4.69, 9.17) is 0 Å². The van der Waals surface area contributed by atoms with Crippen molar-refractivity contribution in [2.75, 3.05) is 19.6 Å². The molecule has 0 aromatic heterocycles. The second-order valence-electron chi connectivity index (χ2n) is 6.31. The van der Waals surface area contributed by atoms with Gasteiger partial charge in [0.15, 0.2) is 0 Å². The molecule has 1 aliphatic heterocycles. The van der Waals surface area contributed by atoms with Crippen LogP contribution in [0.1, 0.15) is 32.3 Å². The maximum absolute atomic E-state index is 12.3. The molecule has 0 saturated carbocycles. The predicted molar refractivity (Wildman–Crippen MR) is 85.8 cm³/mol. The third-order valence-corrected chi connectivity index (χ3v) is 5.28. The van der Waals surface area contributed by atoms with E-state index in [0.717, 1.165) is 32.4 Å². The van der Waals surface area contributed by atoms with E-state index in [2.05, 4.69) is 23.9 Å². The van der Waals surface area contributed by atoms with Crippen LogP contribution >= 0.6 is 0 Å². The van der Waals surface area contributed by atoms with Crippen molar-refractivity contribution in [3.8, 4) is 0 Å². The highest BCUT2D eigenvalue weighted by Gasteiger charge is 2.18. The summed E-state index contributed by atoms with van der Waals surface area (Å²) in [5.41, 5.74) is 1.18. The van der Waals surface area contributed by atoms with Crippen LogP contribution in [-0.2, 0) is 16.4 Å². The van der Waals surface area contributed by atoms with E-state index in [1.165, 1.54) is 5.56 Å². The van der Waals surface area contributed by atoms with Crippen LogP contribution in [0.15, 0.2) is 29.2 Å². The van der Waals surface area contributed by atoms with E-state index < -0.39 is 10.0 Å². The van der Waals surface area contributed by atoms with Crippen molar-refractivity contribution in [1.29, 1.82) is 0 Å². The molecule has 1 saturated heterocycles. The van der Waals surface area contributed by atoms with Crippen LogP contribution < -0.4 is 10.0 Å². The minimum absolute atomic E-state index is 0.360. The molecule has 0 aliphatic carbocycles. The Labute approximate surface area is 128 Å². The van der Waals surface area contributed by atoms with Crippen molar-refractivity contribution >= 4 is 10.0 Å². The lowest BCUT2D eigenvalue weighted by Gasteiger charge is -2.22. The number of hydrogen-bond donors (Lipinski definition) is 2. The second kappa shape index (κ2) is 7.38. The summed E-state index contributed by atoms with van der Waals surface area (Å²) < 4.78 is 27.3. The van der Waals surface area contributed by atoms with E-state index in [9.17, 15) is 8.42 Å². The third-order valence-electron chi connectivity index (χ3n) is 3.84. The number of sulfonamides is 1. The van der Waals surface area contributed by atoms with Crippen molar-refractivity contribution in [2.45, 2.75) is 38.0 Å². The Morgan fingerprint density at radius 1 is 1.29 bits per heavy atom. The Balaban J connectivity index is 1.95. The highest BCUT2D eigenvalue weighted by atomic mass is 32.2. The zero-order chi connectivity index (χ0) is 15.3. The molecule has 2 rings (SSSR count). The van der Waals surface area contributed by atoms with Crippen LogP contribution in [0.2, 0.25) is 0 Å². The molecule has 0 spiro atoms. The van der Waals surface area contributed by atoms with Crippen molar-refractivity contribution in [3.05, 3.63) is 29.8 Å². The summed E-state index contributed by atoms with van der Waals surface area (Å²) in [6.45, 7) is 6.77. The molecular weight excluding hydrogens is 284 g/mol. The summed E-state index contributed by atoms with van der Waals surface area (Å²) in [6, 6.07) is 7.24. The zero-order valence-electron chi connectivity index (χ0n) is 12.9. The summed E-state index contributed by atoms with van der Waals surface area (Å²) in [6.07, 6.45) is 3.18. The zero-order valence-corrected chi connectivity index (χ0v) is 13.7. The lowest BCUT2D eigenvalue weighted by molar-refractivity contribution is 0.376. The van der Waals surface area contributed by atoms with Crippen molar-refractivity contribution in [1.82, 2.24) is 10.0 Å². The topological polar surface area (TPSA) is 58.2 Å². The summed E-state index contributed by atoms with van der Waals surface area (Å²) >= 11 is 0. The molecule has 0 bridgehead atoms. The molecule has 1 fully saturated rings. The number of piperidine rings is 1. The second-order valence-corrected chi connectivity index (χ2v) is 8.07. The molecule has 1 aromatic carbocycles. The molecule has 1 aromatic rings. The lowest BCUT2D eigenvalue weighted by Crippen LogP contribution is -2.38. The van der Waals surface area contributed by atoms with Gasteiger partial charge in [0.25, 0.3) is 0 Å². The molecular formula is C16H26N2O2S. The van der Waals surface area contributed by atoms with E-state index in [1.54, 1.807) is 12.1 Å². The molecule has 1 aliphatic rings. The van der Waals surface area contributed by atoms with Crippen molar-refractivity contribution in [2.24, 2.45) is 11.8 Å². The number of nitrogens with one attached hydrogen (secondary N) is 2. The Hall–Kier alpha value is -0.910. The maximum atomic E-state index is 12.3. The van der Waals surface area contributed by atoms with Crippen molar-refractivity contribution in [3.63, 3.8) is 0 Å². The fourth-order valence-electron chi connectivity index (χ4n) is 2.69. The Kier molecular flexibility index (Phi) is 5.79. The first-order chi connectivity index (χ1) is 9.97. The maximum Gasteiger partial charge on any atom is 0.240 e. The SMILES string of the molecule is CC(C)Cc1ccc(S(=O)(=O)NCC2CCCNC2)cc1. The van der Waals surface area contributed by atoms with Gasteiger partial charge in [-0.15, -0.1) is 0 Å². The molecule has 4 nitrogen and oxygen atoms in total. The summed E-state index contributed by atoms with van der Waals surface area (Å²) in [4.78, 5) is 0.360. The largest absolute Gasteiger partial charge is 0.316 e. The highest BCUT2D eigenvalue weighted by molar-refractivity contribution is 7.89. The van der Waals surface area contributed by atoms with Gasteiger partial charge in [-0.3, -0.25) is 0 Å². The number of benzene rings is 1. The molecule has 2 N–H and O–H groups in total. The van der Waals surface area contributed by atoms with Crippen molar-refractivity contribution < 1.29 is 8.42 Å². The van der Waals surface area contributed by atoms with E-state index in [-0.39, 0.29) is 0 Å². The Morgan fingerprint density at radius 3 is 2.57 bits per heavy atom. The number of rotatable bonds is 6. The van der Waals surface area contributed by atoms with Crippen LogP contribution in [-0.4, -0.2) is 28.1 Å². The fourth-order valence-corrected chi connectivity index (χ4v) is 3.80. The Morgan fingerprint density at radius 2 is 2.00 bits per heavy atom. The van der Waals surface area contributed by atoms with Gasteiger partial charge in [0.2, 0.25) is 10.0 Å². The molecule has 118 valence electrons. The molecule has 1 heterocycles. The Bertz CT molecular complexity index is 532. The summed E-state index contributed by atoms with van der Waals surface area (Å²) in [7, 11) is -3.38. The van der Waals surface area contributed by atoms with E-state index >= 15 is 0 Å². The molecule has 1 unspecified atom stereocenters. The molecule has 1 atom stereocenters. The van der Waals surface area contributed by atoms with Crippen LogP contribution in [0.5, 0.6) is 0 Å². The standard InChI is InChI=1S/C16H26N2O2S/c1-13(2)10-14-5-7-16(8-6-14)21(19,20)18-12-15-4-3-9-17-11-15/h5-8,13,15,17-18H,3-4,9-12H2,1-2H3. The van der Waals surface area contributed by atoms with Gasteiger partial charge in [-0.1, -0.05) is 26.0 Å². The molecule has 21 heavy (non-hydrogen) atoms. The van der Waals surface area contributed by atoms with Gasteiger partial charge in [0.05, 0.1) is 4.90 Å². The van der Waals surface area contributed by atoms with Crippen LogP contribution in [0.3, 0.4) is 0 Å². The van der Waals surface area contributed by atoms with Gasteiger partial charge >= 0.3 is 0 Å². The molecule has 0 radical (unpaired) electrons.